The molecule has 7 heteroatoms. The first-order valence-electron chi connectivity index (χ1n) is 6.52. The van der Waals surface area contributed by atoms with E-state index in [1.165, 1.54) is 43.6 Å². The summed E-state index contributed by atoms with van der Waals surface area (Å²) in [5.74, 6) is -1.68. The average molecular weight is 303 g/mol. The molecule has 114 valence electrons. The van der Waals surface area contributed by atoms with Crippen molar-refractivity contribution >= 4 is 17.6 Å². The molecule has 0 bridgehead atoms. The number of nitrogens with one attached hydrogen (secondary N) is 1. The molecule has 1 amide bonds. The topological polar surface area (TPSA) is 81.2 Å². The first kappa shape index (κ1) is 15.6. The van der Waals surface area contributed by atoms with E-state index in [-0.39, 0.29) is 5.69 Å². The van der Waals surface area contributed by atoms with Crippen molar-refractivity contribution in [1.29, 1.82) is 0 Å². The highest BCUT2D eigenvalue weighted by Crippen LogP contribution is 2.10. The molecule has 1 N–H and O–H groups in total. The average Bonchev–Trinajstić information content (AvgIpc) is 2.50. The van der Waals surface area contributed by atoms with Crippen molar-refractivity contribution in [2.24, 2.45) is 0 Å². The minimum absolute atomic E-state index is 0.0204. The zero-order chi connectivity index (χ0) is 16.1. The number of anilines is 1. The minimum Gasteiger partial charge on any atom is -0.448 e. The molecule has 0 unspecified atom stereocenters. The number of ether oxygens (including phenoxy) is 1. The molecule has 0 radical (unpaired) electrons. The number of carbonyl (C=O) groups excluding carboxylic acids is 2. The number of rotatable bonds is 4. The minimum atomic E-state index is -1.03. The van der Waals surface area contributed by atoms with Crippen LogP contribution in [-0.4, -0.2) is 27.9 Å². The van der Waals surface area contributed by atoms with Gasteiger partial charge in [0.1, 0.15) is 5.82 Å². The fraction of sp³-hybridized carbons (Fsp3) is 0.200. The quantitative estimate of drug-likeness (QED) is 0.875. The molecule has 2 aromatic rings. The zero-order valence-electron chi connectivity index (χ0n) is 12.0. The summed E-state index contributed by atoms with van der Waals surface area (Å²) in [6, 6.07) is 5.25. The standard InChI is InChI=1S/C15H14FN3O3/c1-9-7-18-13(8-17-9)15(21)22-10(2)14(20)19-12-5-3-11(16)4-6-12/h3-8,10H,1-2H3,(H,19,20)/t10-/m1/s1. The first-order valence-corrected chi connectivity index (χ1v) is 6.52. The summed E-state index contributed by atoms with van der Waals surface area (Å²) < 4.78 is 17.8. The molecule has 0 aliphatic heterocycles. The monoisotopic (exact) mass is 303 g/mol. The van der Waals surface area contributed by atoms with Gasteiger partial charge in [0.25, 0.3) is 5.91 Å². The number of benzene rings is 1. The van der Waals surface area contributed by atoms with E-state index in [2.05, 4.69) is 15.3 Å². The molecule has 0 fully saturated rings. The predicted octanol–water partition coefficient (Wildman–Crippen LogP) is 2.11. The Balaban J connectivity index is 1.94. The van der Waals surface area contributed by atoms with Crippen molar-refractivity contribution in [2.75, 3.05) is 5.32 Å². The number of esters is 1. The van der Waals surface area contributed by atoms with Gasteiger partial charge in [-0.1, -0.05) is 0 Å². The van der Waals surface area contributed by atoms with Crippen LogP contribution in [0.2, 0.25) is 0 Å². The maximum absolute atomic E-state index is 12.8. The van der Waals surface area contributed by atoms with Crippen molar-refractivity contribution in [3.05, 3.63) is 53.9 Å². The van der Waals surface area contributed by atoms with E-state index >= 15 is 0 Å². The number of aromatic nitrogens is 2. The summed E-state index contributed by atoms with van der Waals surface area (Å²) in [5, 5.41) is 2.52. The SMILES string of the molecule is Cc1cnc(C(=O)O[C@H](C)C(=O)Nc2ccc(F)cc2)cn1. The van der Waals surface area contributed by atoms with Crippen molar-refractivity contribution in [3.63, 3.8) is 0 Å². The smallest absolute Gasteiger partial charge is 0.359 e. The lowest BCUT2D eigenvalue weighted by Gasteiger charge is -2.13. The van der Waals surface area contributed by atoms with Gasteiger partial charge in [0.05, 0.1) is 11.9 Å². The Labute approximate surface area is 126 Å². The maximum Gasteiger partial charge on any atom is 0.359 e. The Morgan fingerprint density at radius 2 is 1.86 bits per heavy atom. The van der Waals surface area contributed by atoms with Crippen LogP contribution >= 0.6 is 0 Å². The fourth-order valence-corrected chi connectivity index (χ4v) is 1.55. The van der Waals surface area contributed by atoms with E-state index in [0.29, 0.717) is 11.4 Å². The third kappa shape index (κ3) is 4.08. The molecule has 0 saturated heterocycles. The molecule has 0 saturated carbocycles. The normalized spacial score (nSPS) is 11.6. The van der Waals surface area contributed by atoms with Gasteiger partial charge in [-0.25, -0.2) is 14.2 Å². The molecule has 0 spiro atoms. The van der Waals surface area contributed by atoms with E-state index in [4.69, 9.17) is 4.74 Å². The third-order valence-corrected chi connectivity index (χ3v) is 2.75. The summed E-state index contributed by atoms with van der Waals surface area (Å²) in [5.41, 5.74) is 1.09. The third-order valence-electron chi connectivity index (χ3n) is 2.75. The summed E-state index contributed by atoms with van der Waals surface area (Å²) in [7, 11) is 0. The second-order valence-corrected chi connectivity index (χ2v) is 4.59. The van der Waals surface area contributed by atoms with E-state index in [1.807, 2.05) is 0 Å². The van der Waals surface area contributed by atoms with Crippen LogP contribution in [0, 0.1) is 12.7 Å². The van der Waals surface area contributed by atoms with Crippen LogP contribution in [0.5, 0.6) is 0 Å². The zero-order valence-corrected chi connectivity index (χ0v) is 12.0. The highest BCUT2D eigenvalue weighted by atomic mass is 19.1. The molecule has 6 nitrogen and oxygen atoms in total. The molecule has 2 rings (SSSR count). The van der Waals surface area contributed by atoms with Crippen LogP contribution in [0.4, 0.5) is 10.1 Å². The van der Waals surface area contributed by atoms with Gasteiger partial charge in [0.2, 0.25) is 0 Å². The second kappa shape index (κ2) is 6.75. The number of hydrogen-bond donors (Lipinski definition) is 1. The van der Waals surface area contributed by atoms with Gasteiger partial charge in [-0.05, 0) is 38.1 Å². The van der Waals surface area contributed by atoms with Crippen LogP contribution in [0.3, 0.4) is 0 Å². The Morgan fingerprint density at radius 3 is 2.45 bits per heavy atom. The van der Waals surface area contributed by atoms with E-state index < -0.39 is 23.8 Å². The van der Waals surface area contributed by atoms with Gasteiger partial charge in [-0.2, -0.15) is 0 Å². The van der Waals surface area contributed by atoms with Crippen LogP contribution in [-0.2, 0) is 9.53 Å². The number of aryl methyl sites for hydroxylation is 1. The molecular weight excluding hydrogens is 289 g/mol. The Hall–Kier alpha value is -2.83. The highest BCUT2D eigenvalue weighted by Gasteiger charge is 2.20. The lowest BCUT2D eigenvalue weighted by molar-refractivity contribution is -0.123. The number of hydrogen-bond acceptors (Lipinski definition) is 5. The largest absolute Gasteiger partial charge is 0.448 e. The fourth-order valence-electron chi connectivity index (χ4n) is 1.55. The molecule has 0 aliphatic carbocycles. The summed E-state index contributed by atoms with van der Waals surface area (Å²) >= 11 is 0. The van der Waals surface area contributed by atoms with E-state index in [1.54, 1.807) is 6.92 Å². The Kier molecular flexibility index (Phi) is 4.77. The summed E-state index contributed by atoms with van der Waals surface area (Å²) in [4.78, 5) is 31.5. The summed E-state index contributed by atoms with van der Waals surface area (Å²) in [6.07, 6.45) is 1.68. The molecule has 1 aromatic heterocycles. The number of carbonyl (C=O) groups is 2. The van der Waals surface area contributed by atoms with Crippen LogP contribution in [0.25, 0.3) is 0 Å². The maximum atomic E-state index is 12.8. The lowest BCUT2D eigenvalue weighted by Crippen LogP contribution is -2.30. The van der Waals surface area contributed by atoms with E-state index in [9.17, 15) is 14.0 Å². The molecule has 0 aliphatic rings. The molecule has 22 heavy (non-hydrogen) atoms. The Morgan fingerprint density at radius 1 is 1.18 bits per heavy atom. The number of halogens is 1. The molecule has 1 atom stereocenters. The van der Waals surface area contributed by atoms with Gasteiger partial charge in [0, 0.05) is 11.9 Å². The van der Waals surface area contributed by atoms with Crippen LogP contribution in [0.1, 0.15) is 23.1 Å². The molecule has 1 heterocycles. The van der Waals surface area contributed by atoms with Crippen LogP contribution < -0.4 is 5.32 Å². The molecule has 1 aromatic carbocycles. The highest BCUT2D eigenvalue weighted by molar-refractivity contribution is 5.96. The van der Waals surface area contributed by atoms with Gasteiger partial charge in [-0.15, -0.1) is 0 Å². The number of nitrogens with zero attached hydrogens (tertiary/aromatic N) is 2. The van der Waals surface area contributed by atoms with Crippen molar-refractivity contribution in [3.8, 4) is 0 Å². The lowest BCUT2D eigenvalue weighted by atomic mass is 10.3. The van der Waals surface area contributed by atoms with Crippen molar-refractivity contribution in [1.82, 2.24) is 9.97 Å². The number of amides is 1. The van der Waals surface area contributed by atoms with Gasteiger partial charge in [0.15, 0.2) is 11.8 Å². The van der Waals surface area contributed by atoms with Crippen molar-refractivity contribution < 1.29 is 18.7 Å². The first-order chi connectivity index (χ1) is 10.5. The summed E-state index contributed by atoms with van der Waals surface area (Å²) in [6.45, 7) is 3.17. The van der Waals surface area contributed by atoms with Crippen LogP contribution in [0.15, 0.2) is 36.7 Å². The van der Waals surface area contributed by atoms with Crippen molar-refractivity contribution in [2.45, 2.75) is 20.0 Å². The van der Waals surface area contributed by atoms with Gasteiger partial charge >= 0.3 is 5.97 Å². The van der Waals surface area contributed by atoms with Gasteiger partial charge in [-0.3, -0.25) is 9.78 Å². The molecular formula is C15H14FN3O3. The Bertz CT molecular complexity index is 671. The second-order valence-electron chi connectivity index (χ2n) is 4.59. The van der Waals surface area contributed by atoms with Gasteiger partial charge < -0.3 is 10.1 Å². The van der Waals surface area contributed by atoms with E-state index in [0.717, 1.165) is 0 Å². The predicted molar refractivity (Wildman–Crippen MR) is 76.7 cm³/mol.